The summed E-state index contributed by atoms with van der Waals surface area (Å²) in [5, 5.41) is 3.21. The van der Waals surface area contributed by atoms with Gasteiger partial charge in [-0.1, -0.05) is 0 Å². The minimum atomic E-state index is -4.25. The van der Waals surface area contributed by atoms with E-state index in [4.69, 9.17) is 0 Å². The largest absolute Gasteiger partial charge is 0.416 e. The van der Waals surface area contributed by atoms with Gasteiger partial charge in [0.25, 0.3) is 0 Å². The highest BCUT2D eigenvalue weighted by atomic mass is 32.2. The molecular formula is C11H10F3NS. The predicted octanol–water partition coefficient (Wildman–Crippen LogP) is 3.76. The summed E-state index contributed by atoms with van der Waals surface area (Å²) in [5.41, 5.74) is 0.272. The molecule has 0 unspecified atom stereocenters. The van der Waals surface area contributed by atoms with Crippen molar-refractivity contribution < 1.29 is 13.2 Å². The molecule has 1 aromatic rings. The van der Waals surface area contributed by atoms with E-state index < -0.39 is 11.7 Å². The average Bonchev–Trinajstić information content (AvgIpc) is 2.95. The molecule has 1 heterocycles. The van der Waals surface area contributed by atoms with E-state index in [1.165, 1.54) is 12.1 Å². The lowest BCUT2D eigenvalue weighted by Crippen LogP contribution is -2.22. The monoisotopic (exact) mass is 245 g/mol. The number of thioether (sulfide) groups is 1. The van der Waals surface area contributed by atoms with Gasteiger partial charge in [0.1, 0.15) is 0 Å². The molecule has 1 nitrogen and oxygen atoms in total. The molecule has 2 aliphatic rings. The van der Waals surface area contributed by atoms with E-state index in [0.717, 1.165) is 36.0 Å². The molecule has 5 heteroatoms. The summed E-state index contributed by atoms with van der Waals surface area (Å²) in [6, 6.07) is 3.92. The molecule has 3 rings (SSSR count). The summed E-state index contributed by atoms with van der Waals surface area (Å²) < 4.78 is 37.8. The fraction of sp³-hybridized carbons (Fsp3) is 0.455. The molecule has 1 aliphatic heterocycles. The van der Waals surface area contributed by atoms with Crippen LogP contribution in [-0.4, -0.2) is 11.3 Å². The fourth-order valence-electron chi connectivity index (χ4n) is 1.87. The number of anilines is 1. The summed E-state index contributed by atoms with van der Waals surface area (Å²) in [4.78, 5) is 0.735. The van der Waals surface area contributed by atoms with Crippen LogP contribution in [0.5, 0.6) is 0 Å². The summed E-state index contributed by atoms with van der Waals surface area (Å²) >= 11 is 1.59. The highest BCUT2D eigenvalue weighted by Gasteiger charge is 2.46. The highest BCUT2D eigenvalue weighted by molar-refractivity contribution is 8.01. The quantitative estimate of drug-likeness (QED) is 0.747. The Hall–Kier alpha value is -0.840. The fourth-order valence-corrected chi connectivity index (χ4v) is 3.23. The number of nitrogens with one attached hydrogen (secondary N) is 1. The Morgan fingerprint density at radius 1 is 1.25 bits per heavy atom. The number of hydrogen-bond donors (Lipinski definition) is 1. The number of alkyl halides is 3. The van der Waals surface area contributed by atoms with E-state index in [1.54, 1.807) is 11.8 Å². The second-order valence-corrected chi connectivity index (χ2v) is 5.86. The van der Waals surface area contributed by atoms with Crippen LogP contribution in [-0.2, 0) is 6.18 Å². The molecule has 1 aliphatic carbocycles. The van der Waals surface area contributed by atoms with Gasteiger partial charge in [0, 0.05) is 21.9 Å². The maximum Gasteiger partial charge on any atom is 0.416 e. The smallest absolute Gasteiger partial charge is 0.383 e. The van der Waals surface area contributed by atoms with E-state index in [-0.39, 0.29) is 4.75 Å². The first-order valence-corrected chi connectivity index (χ1v) is 5.94. The average molecular weight is 245 g/mol. The summed E-state index contributed by atoms with van der Waals surface area (Å²) in [5.74, 6) is 0. The van der Waals surface area contributed by atoms with Gasteiger partial charge < -0.3 is 5.32 Å². The number of halogens is 3. The molecule has 1 fully saturated rings. The molecule has 0 saturated heterocycles. The van der Waals surface area contributed by atoms with Crippen LogP contribution in [0.3, 0.4) is 0 Å². The van der Waals surface area contributed by atoms with Crippen LogP contribution in [0.2, 0.25) is 0 Å². The molecule has 86 valence electrons. The van der Waals surface area contributed by atoms with Crippen molar-refractivity contribution in [2.45, 2.75) is 28.7 Å². The Morgan fingerprint density at radius 2 is 2.00 bits per heavy atom. The van der Waals surface area contributed by atoms with E-state index in [1.807, 2.05) is 0 Å². The number of rotatable bonds is 0. The molecule has 0 aromatic heterocycles. The minimum absolute atomic E-state index is 0.178. The lowest BCUT2D eigenvalue weighted by atomic mass is 10.2. The Kier molecular flexibility index (Phi) is 2.00. The van der Waals surface area contributed by atoms with Gasteiger partial charge in [0.05, 0.1) is 5.56 Å². The molecule has 0 amide bonds. The first-order valence-electron chi connectivity index (χ1n) is 5.13. The van der Waals surface area contributed by atoms with Crippen LogP contribution < -0.4 is 5.32 Å². The van der Waals surface area contributed by atoms with Gasteiger partial charge in [0.15, 0.2) is 0 Å². The third kappa shape index (κ3) is 1.67. The van der Waals surface area contributed by atoms with Crippen molar-refractivity contribution in [2.24, 2.45) is 0 Å². The zero-order valence-corrected chi connectivity index (χ0v) is 9.21. The Labute approximate surface area is 95.4 Å². The van der Waals surface area contributed by atoms with Crippen LogP contribution in [0.15, 0.2) is 23.1 Å². The Bertz CT molecular complexity index is 437. The number of fused-ring (bicyclic) bond motifs is 1. The standard InChI is InChI=1S/C11H10F3NS/c12-11(13,14)7-1-2-8-9(5-7)16-10(3-4-10)6-15-8/h1-2,5,15H,3-4,6H2. The van der Waals surface area contributed by atoms with E-state index in [0.29, 0.717) is 0 Å². The van der Waals surface area contributed by atoms with Crippen molar-refractivity contribution in [3.8, 4) is 0 Å². The summed E-state index contributed by atoms with van der Waals surface area (Å²) in [6.45, 7) is 0.871. The maximum absolute atomic E-state index is 12.5. The predicted molar refractivity (Wildman–Crippen MR) is 57.8 cm³/mol. The van der Waals surface area contributed by atoms with Gasteiger partial charge in [-0.15, -0.1) is 11.8 Å². The van der Waals surface area contributed by atoms with Crippen LogP contribution in [0, 0.1) is 0 Å². The summed E-state index contributed by atoms with van der Waals surface area (Å²) in [7, 11) is 0. The third-order valence-electron chi connectivity index (χ3n) is 3.04. The van der Waals surface area contributed by atoms with Gasteiger partial charge in [-0.2, -0.15) is 13.2 Å². The molecule has 0 atom stereocenters. The molecule has 1 aromatic carbocycles. The second-order valence-electron chi connectivity index (χ2n) is 4.35. The van der Waals surface area contributed by atoms with Crippen LogP contribution in [0.1, 0.15) is 18.4 Å². The molecule has 16 heavy (non-hydrogen) atoms. The van der Waals surface area contributed by atoms with Crippen molar-refractivity contribution in [1.82, 2.24) is 0 Å². The number of benzene rings is 1. The minimum Gasteiger partial charge on any atom is -0.383 e. The third-order valence-corrected chi connectivity index (χ3v) is 4.59. The van der Waals surface area contributed by atoms with Crippen LogP contribution >= 0.6 is 11.8 Å². The molecule has 1 spiro atoms. The topological polar surface area (TPSA) is 12.0 Å². The second kappa shape index (κ2) is 3.09. The van der Waals surface area contributed by atoms with Gasteiger partial charge in [0.2, 0.25) is 0 Å². The van der Waals surface area contributed by atoms with E-state index >= 15 is 0 Å². The van der Waals surface area contributed by atoms with Crippen molar-refractivity contribution in [1.29, 1.82) is 0 Å². The van der Waals surface area contributed by atoms with Gasteiger partial charge in [-0.05, 0) is 31.0 Å². The highest BCUT2D eigenvalue weighted by Crippen LogP contribution is 2.56. The van der Waals surface area contributed by atoms with Crippen LogP contribution in [0.4, 0.5) is 18.9 Å². The lowest BCUT2D eigenvalue weighted by molar-refractivity contribution is -0.137. The van der Waals surface area contributed by atoms with Crippen molar-refractivity contribution in [2.75, 3.05) is 11.9 Å². The first-order chi connectivity index (χ1) is 7.49. The van der Waals surface area contributed by atoms with E-state index in [9.17, 15) is 13.2 Å². The molecule has 0 radical (unpaired) electrons. The maximum atomic E-state index is 12.5. The Balaban J connectivity index is 1.98. The molecule has 1 saturated carbocycles. The van der Waals surface area contributed by atoms with Gasteiger partial charge in [-0.3, -0.25) is 0 Å². The van der Waals surface area contributed by atoms with Crippen molar-refractivity contribution in [3.63, 3.8) is 0 Å². The zero-order valence-electron chi connectivity index (χ0n) is 8.40. The number of hydrogen-bond acceptors (Lipinski definition) is 2. The molecule has 1 N–H and O–H groups in total. The first kappa shape index (κ1) is 10.3. The Morgan fingerprint density at radius 3 is 2.62 bits per heavy atom. The van der Waals surface area contributed by atoms with Gasteiger partial charge >= 0.3 is 6.18 Å². The van der Waals surface area contributed by atoms with Crippen LogP contribution in [0.25, 0.3) is 0 Å². The normalized spacial score (nSPS) is 21.4. The molecular weight excluding hydrogens is 235 g/mol. The van der Waals surface area contributed by atoms with Gasteiger partial charge in [-0.25, -0.2) is 0 Å². The summed E-state index contributed by atoms with van der Waals surface area (Å²) in [6.07, 6.45) is -2.05. The SMILES string of the molecule is FC(F)(F)c1ccc2c(c1)SC1(CC1)CN2. The zero-order chi connectivity index (χ0) is 11.4. The molecule has 0 bridgehead atoms. The van der Waals surface area contributed by atoms with Crippen molar-refractivity contribution in [3.05, 3.63) is 23.8 Å². The van der Waals surface area contributed by atoms with Crippen molar-refractivity contribution >= 4 is 17.4 Å². The lowest BCUT2D eigenvalue weighted by Gasteiger charge is -2.26. The van der Waals surface area contributed by atoms with E-state index in [2.05, 4.69) is 5.32 Å².